The summed E-state index contributed by atoms with van der Waals surface area (Å²) in [5.41, 5.74) is 7.38. The first-order valence-electron chi connectivity index (χ1n) is 7.29. The summed E-state index contributed by atoms with van der Waals surface area (Å²) in [4.78, 5) is 27.9. The number of aryl methyl sites for hydroxylation is 1. The molecule has 1 amide bonds. The lowest BCUT2D eigenvalue weighted by Gasteiger charge is -2.10. The van der Waals surface area contributed by atoms with Crippen molar-refractivity contribution in [3.8, 4) is 0 Å². The summed E-state index contributed by atoms with van der Waals surface area (Å²) in [5.74, 6) is -0.487. The van der Waals surface area contributed by atoms with Crippen LogP contribution in [0, 0.1) is 10.1 Å². The van der Waals surface area contributed by atoms with E-state index in [2.05, 4.69) is 4.99 Å². The van der Waals surface area contributed by atoms with Crippen molar-refractivity contribution in [1.29, 1.82) is 0 Å². The van der Waals surface area contributed by atoms with Crippen LogP contribution in [0.3, 0.4) is 0 Å². The Morgan fingerprint density at radius 1 is 1.30 bits per heavy atom. The maximum absolute atomic E-state index is 11.8. The highest BCUT2D eigenvalue weighted by Gasteiger charge is 2.23. The second-order valence-corrected chi connectivity index (χ2v) is 6.41. The second-order valence-electron chi connectivity index (χ2n) is 5.33. The van der Waals surface area contributed by atoms with Crippen molar-refractivity contribution in [3.63, 3.8) is 0 Å². The van der Waals surface area contributed by atoms with Crippen LogP contribution in [0.2, 0.25) is 0 Å². The number of hydrogen-bond donors (Lipinski definition) is 1. The number of aliphatic imine (C=N–C) groups is 1. The van der Waals surface area contributed by atoms with Gasteiger partial charge in [-0.05, 0) is 37.3 Å². The van der Waals surface area contributed by atoms with Gasteiger partial charge >= 0.3 is 0 Å². The van der Waals surface area contributed by atoms with Crippen LogP contribution >= 0.6 is 11.3 Å². The fraction of sp³-hybridized carbons (Fsp3) is 0.250. The Bertz CT molecular complexity index is 811. The Morgan fingerprint density at radius 3 is 2.78 bits per heavy atom. The molecule has 0 unspecified atom stereocenters. The molecule has 0 atom stereocenters. The number of amides is 1. The van der Waals surface area contributed by atoms with E-state index in [9.17, 15) is 14.9 Å². The molecule has 1 aromatic carbocycles. The minimum Gasteiger partial charge on any atom is -0.365 e. The second kappa shape index (κ2) is 6.29. The van der Waals surface area contributed by atoms with Crippen molar-refractivity contribution in [2.45, 2.75) is 25.7 Å². The Morgan fingerprint density at radius 2 is 2.04 bits per heavy atom. The topological polar surface area (TPSA) is 98.6 Å². The molecule has 23 heavy (non-hydrogen) atoms. The SMILES string of the molecule is NC(=O)c1c(N=Cc2ccccc2[N+](=O)[O-])sc2c1CCCC2. The number of carbonyl (C=O) groups excluding carboxylic acids is 1. The predicted octanol–water partition coefficient (Wildman–Crippen LogP) is 3.38. The normalized spacial score (nSPS) is 13.9. The van der Waals surface area contributed by atoms with Crippen molar-refractivity contribution in [2.24, 2.45) is 10.7 Å². The largest absolute Gasteiger partial charge is 0.365 e. The average Bonchev–Trinajstić information content (AvgIpc) is 2.91. The van der Waals surface area contributed by atoms with Crippen LogP contribution in [0.15, 0.2) is 29.3 Å². The van der Waals surface area contributed by atoms with Gasteiger partial charge in [0.2, 0.25) is 0 Å². The van der Waals surface area contributed by atoms with Crippen molar-refractivity contribution in [3.05, 3.63) is 55.9 Å². The Kier molecular flexibility index (Phi) is 4.20. The molecule has 0 spiro atoms. The van der Waals surface area contributed by atoms with E-state index in [0.29, 0.717) is 16.1 Å². The highest BCUT2D eigenvalue weighted by Crippen LogP contribution is 2.39. The summed E-state index contributed by atoms with van der Waals surface area (Å²) < 4.78 is 0. The Hall–Kier alpha value is -2.54. The van der Waals surface area contributed by atoms with Crippen LogP contribution in [-0.2, 0) is 12.8 Å². The number of thiophene rings is 1. The van der Waals surface area contributed by atoms with E-state index in [1.807, 2.05) is 0 Å². The van der Waals surface area contributed by atoms with E-state index in [1.54, 1.807) is 18.2 Å². The van der Waals surface area contributed by atoms with Crippen LogP contribution in [0.25, 0.3) is 0 Å². The summed E-state index contributed by atoms with van der Waals surface area (Å²) in [5, 5.41) is 11.6. The molecule has 7 heteroatoms. The van der Waals surface area contributed by atoms with Gasteiger partial charge in [0.25, 0.3) is 11.6 Å². The van der Waals surface area contributed by atoms with Gasteiger partial charge in [0.05, 0.1) is 16.1 Å². The first kappa shape index (κ1) is 15.4. The van der Waals surface area contributed by atoms with Crippen LogP contribution in [0.4, 0.5) is 10.7 Å². The zero-order valence-electron chi connectivity index (χ0n) is 12.3. The fourth-order valence-electron chi connectivity index (χ4n) is 2.79. The van der Waals surface area contributed by atoms with Gasteiger partial charge in [-0.1, -0.05) is 12.1 Å². The number of rotatable bonds is 4. The van der Waals surface area contributed by atoms with Crippen LogP contribution in [-0.4, -0.2) is 17.0 Å². The van der Waals surface area contributed by atoms with Gasteiger partial charge < -0.3 is 5.73 Å². The van der Waals surface area contributed by atoms with Gasteiger partial charge in [0.15, 0.2) is 0 Å². The molecule has 0 bridgehead atoms. The number of fused-ring (bicyclic) bond motifs is 1. The average molecular weight is 329 g/mol. The number of nitrogens with two attached hydrogens (primary N) is 1. The first-order chi connectivity index (χ1) is 11.1. The van der Waals surface area contributed by atoms with Gasteiger partial charge in [-0.25, -0.2) is 4.99 Å². The van der Waals surface area contributed by atoms with Crippen molar-refractivity contribution in [1.82, 2.24) is 0 Å². The first-order valence-corrected chi connectivity index (χ1v) is 8.11. The molecular weight excluding hydrogens is 314 g/mol. The van der Waals surface area contributed by atoms with E-state index in [0.717, 1.165) is 36.1 Å². The van der Waals surface area contributed by atoms with E-state index in [-0.39, 0.29) is 5.69 Å². The number of para-hydroxylation sites is 1. The molecular formula is C16H15N3O3S. The molecule has 0 saturated carbocycles. The third-order valence-electron chi connectivity index (χ3n) is 3.85. The number of nitro groups is 1. The molecule has 3 rings (SSSR count). The van der Waals surface area contributed by atoms with E-state index in [1.165, 1.54) is 23.6 Å². The summed E-state index contributed by atoms with van der Waals surface area (Å²) >= 11 is 1.46. The van der Waals surface area contributed by atoms with Crippen molar-refractivity contribution < 1.29 is 9.72 Å². The van der Waals surface area contributed by atoms with E-state index < -0.39 is 10.8 Å². The smallest absolute Gasteiger partial charge is 0.278 e. The molecule has 1 aliphatic rings. The van der Waals surface area contributed by atoms with Crippen molar-refractivity contribution in [2.75, 3.05) is 0 Å². The van der Waals surface area contributed by atoms with Gasteiger partial charge in [0, 0.05) is 17.2 Å². The zero-order chi connectivity index (χ0) is 16.4. The molecule has 0 aliphatic heterocycles. The molecule has 1 aromatic heterocycles. The summed E-state index contributed by atoms with van der Waals surface area (Å²) in [6, 6.07) is 6.37. The third-order valence-corrected chi connectivity index (χ3v) is 5.05. The maximum atomic E-state index is 11.8. The molecule has 2 N–H and O–H groups in total. The highest BCUT2D eigenvalue weighted by atomic mass is 32.1. The minimum atomic E-state index is -0.487. The molecule has 118 valence electrons. The van der Waals surface area contributed by atoms with Gasteiger partial charge in [-0.15, -0.1) is 11.3 Å². The van der Waals surface area contributed by atoms with Gasteiger partial charge in [-0.2, -0.15) is 0 Å². The minimum absolute atomic E-state index is 0.0156. The lowest BCUT2D eigenvalue weighted by atomic mass is 9.95. The zero-order valence-corrected chi connectivity index (χ0v) is 13.1. The lowest BCUT2D eigenvalue weighted by Crippen LogP contribution is -2.14. The molecule has 0 saturated heterocycles. The number of nitrogens with zero attached hydrogens (tertiary/aromatic N) is 2. The molecule has 1 heterocycles. The van der Waals surface area contributed by atoms with Crippen LogP contribution in [0.5, 0.6) is 0 Å². The van der Waals surface area contributed by atoms with E-state index in [4.69, 9.17) is 5.73 Å². The van der Waals surface area contributed by atoms with Gasteiger partial charge in [0.1, 0.15) is 5.00 Å². The molecule has 0 radical (unpaired) electrons. The summed E-state index contributed by atoms with van der Waals surface area (Å²) in [6.45, 7) is 0. The number of nitro benzene ring substituents is 1. The third kappa shape index (κ3) is 3.00. The van der Waals surface area contributed by atoms with Gasteiger partial charge in [-0.3, -0.25) is 14.9 Å². The molecule has 1 aliphatic carbocycles. The monoisotopic (exact) mass is 329 g/mol. The fourth-order valence-corrected chi connectivity index (χ4v) is 4.03. The summed E-state index contributed by atoms with van der Waals surface area (Å²) in [6.07, 6.45) is 5.34. The number of hydrogen-bond acceptors (Lipinski definition) is 5. The quantitative estimate of drug-likeness (QED) is 0.529. The molecule has 6 nitrogen and oxygen atoms in total. The Balaban J connectivity index is 2.02. The van der Waals surface area contributed by atoms with Crippen LogP contribution in [0.1, 0.15) is 39.2 Å². The highest BCUT2D eigenvalue weighted by molar-refractivity contribution is 7.16. The van der Waals surface area contributed by atoms with E-state index >= 15 is 0 Å². The summed E-state index contributed by atoms with van der Waals surface area (Å²) in [7, 11) is 0. The van der Waals surface area contributed by atoms with Crippen molar-refractivity contribution >= 4 is 34.1 Å². The standard InChI is InChI=1S/C16H15N3O3S/c17-15(20)14-11-6-2-4-8-13(11)23-16(14)18-9-10-5-1-3-7-12(10)19(21)22/h1,3,5,7,9H,2,4,6,8H2,(H2,17,20). The number of benzene rings is 1. The number of primary amides is 1. The Labute approximate surface area is 136 Å². The lowest BCUT2D eigenvalue weighted by molar-refractivity contribution is -0.385. The number of carbonyl (C=O) groups is 1. The molecule has 2 aromatic rings. The molecule has 0 fully saturated rings. The predicted molar refractivity (Wildman–Crippen MR) is 89.8 cm³/mol. The maximum Gasteiger partial charge on any atom is 0.278 e. The van der Waals surface area contributed by atoms with Crippen LogP contribution < -0.4 is 5.73 Å².